The van der Waals surface area contributed by atoms with Gasteiger partial charge in [0, 0.05) is 36.0 Å². The Morgan fingerprint density at radius 1 is 1.04 bits per heavy atom. The van der Waals surface area contributed by atoms with Gasteiger partial charge in [-0.05, 0) is 42.5 Å². The summed E-state index contributed by atoms with van der Waals surface area (Å²) in [6.45, 7) is 2.11. The van der Waals surface area contributed by atoms with Crippen LogP contribution in [-0.4, -0.2) is 51.9 Å². The molecule has 7 heteroatoms. The summed E-state index contributed by atoms with van der Waals surface area (Å²) in [6.07, 6.45) is 1.61. The van der Waals surface area contributed by atoms with Gasteiger partial charge in [0.15, 0.2) is 0 Å². The molecule has 2 saturated heterocycles. The van der Waals surface area contributed by atoms with Gasteiger partial charge in [0.2, 0.25) is 0 Å². The maximum absolute atomic E-state index is 13.0. The van der Waals surface area contributed by atoms with Crippen molar-refractivity contribution >= 4 is 46.5 Å². The Morgan fingerprint density at radius 3 is 2.54 bits per heavy atom. The average Bonchev–Trinajstić information content (AvgIpc) is 3.32. The fourth-order valence-corrected chi connectivity index (χ4v) is 6.04. The lowest BCUT2D eigenvalue weighted by atomic mass is 10.0. The molecule has 1 spiro atoms. The van der Waals surface area contributed by atoms with E-state index in [0.717, 1.165) is 30.0 Å². The summed E-state index contributed by atoms with van der Waals surface area (Å²) in [7, 11) is 0. The van der Waals surface area contributed by atoms with E-state index in [4.69, 9.17) is 11.6 Å². The molecule has 4 nitrogen and oxygen atoms in total. The van der Waals surface area contributed by atoms with Crippen molar-refractivity contribution in [3.63, 3.8) is 0 Å². The van der Waals surface area contributed by atoms with E-state index in [0.29, 0.717) is 23.7 Å². The van der Waals surface area contributed by atoms with Gasteiger partial charge >= 0.3 is 0 Å². The normalized spacial score (nSPS) is 19.1. The lowest BCUT2D eigenvalue weighted by Gasteiger charge is -2.44. The summed E-state index contributed by atoms with van der Waals surface area (Å²) in [5.74, 6) is 1.08. The fourth-order valence-electron chi connectivity index (χ4n) is 3.70. The minimum atomic E-state index is -0.203. The van der Waals surface area contributed by atoms with Crippen LogP contribution in [0.2, 0.25) is 5.02 Å². The second-order valence-corrected chi connectivity index (χ2v) is 9.37. The van der Waals surface area contributed by atoms with E-state index in [1.165, 1.54) is 11.3 Å². The molecule has 3 heterocycles. The lowest BCUT2D eigenvalue weighted by Crippen LogP contribution is -2.53. The zero-order chi connectivity index (χ0) is 18.1. The molecule has 2 aromatic rings. The van der Waals surface area contributed by atoms with Gasteiger partial charge in [0.05, 0.1) is 9.75 Å². The van der Waals surface area contributed by atoms with Crippen LogP contribution in [0.4, 0.5) is 0 Å². The third kappa shape index (κ3) is 3.26. The first-order valence-corrected chi connectivity index (χ1v) is 10.9. The molecule has 0 unspecified atom stereocenters. The van der Waals surface area contributed by atoms with Crippen molar-refractivity contribution < 1.29 is 9.59 Å². The predicted octanol–water partition coefficient (Wildman–Crippen LogP) is 4.22. The highest BCUT2D eigenvalue weighted by Crippen LogP contribution is 2.44. The molecule has 2 fully saturated rings. The Morgan fingerprint density at radius 2 is 1.85 bits per heavy atom. The number of benzene rings is 1. The molecular weight excluding hydrogens is 388 g/mol. The SMILES string of the molecule is O=C(c1cccs1)N1CCC2(CC1)SCCN2C(=O)c1cccc(Cl)c1. The van der Waals surface area contributed by atoms with Gasteiger partial charge in [-0.3, -0.25) is 9.59 Å². The number of halogens is 1. The average molecular weight is 407 g/mol. The third-order valence-corrected chi connectivity index (χ3v) is 7.70. The van der Waals surface area contributed by atoms with E-state index in [-0.39, 0.29) is 16.7 Å². The number of nitrogens with zero attached hydrogens (tertiary/aromatic N) is 2. The number of rotatable bonds is 2. The molecule has 2 amide bonds. The number of likely N-dealkylation sites (tertiary alicyclic amines) is 1. The summed E-state index contributed by atoms with van der Waals surface area (Å²) in [5, 5.41) is 2.50. The van der Waals surface area contributed by atoms with Crippen molar-refractivity contribution in [1.29, 1.82) is 0 Å². The first-order valence-electron chi connectivity index (χ1n) is 8.63. The zero-order valence-corrected chi connectivity index (χ0v) is 16.6. The smallest absolute Gasteiger partial charge is 0.263 e. The van der Waals surface area contributed by atoms with Crippen molar-refractivity contribution in [3.8, 4) is 0 Å². The number of piperidine rings is 1. The third-order valence-electron chi connectivity index (χ3n) is 5.06. The molecule has 26 heavy (non-hydrogen) atoms. The first kappa shape index (κ1) is 17.9. The number of carbonyl (C=O) groups is 2. The molecule has 2 aliphatic rings. The second-order valence-electron chi connectivity index (χ2n) is 6.53. The van der Waals surface area contributed by atoms with Crippen molar-refractivity contribution in [2.45, 2.75) is 17.7 Å². The second kappa shape index (κ2) is 7.25. The van der Waals surface area contributed by atoms with Gasteiger partial charge in [-0.15, -0.1) is 23.1 Å². The Labute approximate surface area is 166 Å². The van der Waals surface area contributed by atoms with Crippen LogP contribution >= 0.6 is 34.7 Å². The van der Waals surface area contributed by atoms with E-state index in [2.05, 4.69) is 0 Å². The molecule has 1 aromatic heterocycles. The van der Waals surface area contributed by atoms with E-state index in [9.17, 15) is 9.59 Å². The highest BCUT2D eigenvalue weighted by atomic mass is 35.5. The van der Waals surface area contributed by atoms with E-state index >= 15 is 0 Å². The molecule has 0 bridgehead atoms. The summed E-state index contributed by atoms with van der Waals surface area (Å²) in [4.78, 5) is 30.1. The summed E-state index contributed by atoms with van der Waals surface area (Å²) >= 11 is 9.38. The highest BCUT2D eigenvalue weighted by molar-refractivity contribution is 8.00. The first-order chi connectivity index (χ1) is 12.6. The van der Waals surface area contributed by atoms with Crippen LogP contribution < -0.4 is 0 Å². The van der Waals surface area contributed by atoms with Crippen LogP contribution in [0, 0.1) is 0 Å². The summed E-state index contributed by atoms with van der Waals surface area (Å²) in [6, 6.07) is 10.9. The zero-order valence-electron chi connectivity index (χ0n) is 14.2. The standard InChI is InChI=1S/C19H19ClN2O2S2/c20-15-4-1-3-14(13-15)17(23)22-10-12-26-19(22)6-8-21(9-7-19)18(24)16-5-2-11-25-16/h1-5,11,13H,6-10,12H2. The summed E-state index contributed by atoms with van der Waals surface area (Å²) < 4.78 is 0. The highest BCUT2D eigenvalue weighted by Gasteiger charge is 2.47. The number of amides is 2. The molecule has 0 radical (unpaired) electrons. The van der Waals surface area contributed by atoms with Crippen LogP contribution in [0.1, 0.15) is 32.9 Å². The Balaban J connectivity index is 1.48. The van der Waals surface area contributed by atoms with Crippen LogP contribution in [0.5, 0.6) is 0 Å². The van der Waals surface area contributed by atoms with Gasteiger partial charge in [-0.2, -0.15) is 0 Å². The fraction of sp³-hybridized carbons (Fsp3) is 0.368. The van der Waals surface area contributed by atoms with Crippen molar-refractivity contribution in [2.75, 3.05) is 25.4 Å². The van der Waals surface area contributed by atoms with E-state index in [1.54, 1.807) is 12.1 Å². The van der Waals surface area contributed by atoms with Gasteiger partial charge in [0.1, 0.15) is 0 Å². The molecule has 4 rings (SSSR count). The van der Waals surface area contributed by atoms with Gasteiger partial charge in [-0.1, -0.05) is 23.7 Å². The molecule has 136 valence electrons. The minimum Gasteiger partial charge on any atom is -0.338 e. The summed E-state index contributed by atoms with van der Waals surface area (Å²) in [5.41, 5.74) is 0.636. The number of hydrogen-bond donors (Lipinski definition) is 0. The Hall–Kier alpha value is -1.50. The molecule has 0 N–H and O–H groups in total. The van der Waals surface area contributed by atoms with Crippen LogP contribution in [0.25, 0.3) is 0 Å². The van der Waals surface area contributed by atoms with E-state index < -0.39 is 0 Å². The Bertz CT molecular complexity index is 817. The lowest BCUT2D eigenvalue weighted by molar-refractivity contribution is 0.0500. The van der Waals surface area contributed by atoms with E-state index in [1.807, 2.05) is 51.2 Å². The van der Waals surface area contributed by atoms with Crippen molar-refractivity contribution in [3.05, 3.63) is 57.2 Å². The number of thiophene rings is 1. The molecule has 2 aliphatic heterocycles. The van der Waals surface area contributed by atoms with Crippen molar-refractivity contribution in [2.24, 2.45) is 0 Å². The van der Waals surface area contributed by atoms with Gasteiger partial charge in [-0.25, -0.2) is 0 Å². The topological polar surface area (TPSA) is 40.6 Å². The molecule has 0 saturated carbocycles. The molecule has 0 atom stereocenters. The maximum Gasteiger partial charge on any atom is 0.263 e. The maximum atomic E-state index is 13.0. The monoisotopic (exact) mass is 406 g/mol. The van der Waals surface area contributed by atoms with Crippen LogP contribution in [0.15, 0.2) is 41.8 Å². The Kier molecular flexibility index (Phi) is 4.99. The largest absolute Gasteiger partial charge is 0.338 e. The predicted molar refractivity (Wildman–Crippen MR) is 107 cm³/mol. The number of thioether (sulfide) groups is 1. The minimum absolute atomic E-state index is 0.0375. The van der Waals surface area contributed by atoms with Crippen molar-refractivity contribution in [1.82, 2.24) is 9.80 Å². The quantitative estimate of drug-likeness (QED) is 0.749. The number of hydrogen-bond acceptors (Lipinski definition) is 4. The van der Waals surface area contributed by atoms with Gasteiger partial charge in [0.25, 0.3) is 11.8 Å². The molecule has 0 aliphatic carbocycles. The molecule has 1 aromatic carbocycles. The van der Waals surface area contributed by atoms with Gasteiger partial charge < -0.3 is 9.80 Å². The molecular formula is C19H19ClN2O2S2. The number of carbonyl (C=O) groups excluding carboxylic acids is 2. The van der Waals surface area contributed by atoms with Crippen LogP contribution in [0.3, 0.4) is 0 Å². The van der Waals surface area contributed by atoms with Crippen LogP contribution in [-0.2, 0) is 0 Å².